The van der Waals surface area contributed by atoms with Crippen LogP contribution in [0.3, 0.4) is 0 Å². The maximum absolute atomic E-state index is 13.8. The fourth-order valence-corrected chi connectivity index (χ4v) is 5.17. The predicted octanol–water partition coefficient (Wildman–Crippen LogP) is 4.97. The van der Waals surface area contributed by atoms with Gasteiger partial charge in [-0.25, -0.2) is 4.98 Å². The van der Waals surface area contributed by atoms with Crippen molar-refractivity contribution >= 4 is 28.6 Å². The molecule has 8 nitrogen and oxygen atoms in total. The highest BCUT2D eigenvalue weighted by Gasteiger charge is 2.23. The fourth-order valence-electron chi connectivity index (χ4n) is 4.13. The Bertz CT molecular complexity index is 1500. The van der Waals surface area contributed by atoms with E-state index >= 15 is 0 Å². The third-order valence-electron chi connectivity index (χ3n) is 6.42. The Hall–Kier alpha value is -3.98. The van der Waals surface area contributed by atoms with Gasteiger partial charge in [0.1, 0.15) is 5.75 Å². The van der Waals surface area contributed by atoms with E-state index in [1.807, 2.05) is 62.4 Å². The number of rotatable bonds is 11. The highest BCUT2D eigenvalue weighted by molar-refractivity contribution is 8.00. The number of nitrogens with zero attached hydrogens (tertiary/aromatic N) is 2. The van der Waals surface area contributed by atoms with Crippen LogP contribution >= 0.6 is 11.8 Å². The number of nitrogens with one attached hydrogen (secondary N) is 1. The molecule has 4 rings (SSSR count). The van der Waals surface area contributed by atoms with Crippen molar-refractivity contribution in [2.45, 2.75) is 43.8 Å². The van der Waals surface area contributed by atoms with Crippen LogP contribution in [-0.4, -0.2) is 42.0 Å². The maximum Gasteiger partial charge on any atom is 0.262 e. The first-order chi connectivity index (χ1) is 18.9. The van der Waals surface area contributed by atoms with E-state index in [1.165, 1.54) is 31.5 Å². The number of methoxy groups -OCH3 is 3. The van der Waals surface area contributed by atoms with Crippen LogP contribution in [-0.2, 0) is 17.9 Å². The van der Waals surface area contributed by atoms with E-state index in [2.05, 4.69) is 5.32 Å². The summed E-state index contributed by atoms with van der Waals surface area (Å²) in [5.74, 6) is 1.54. The van der Waals surface area contributed by atoms with Gasteiger partial charge in [-0.2, -0.15) is 0 Å². The summed E-state index contributed by atoms with van der Waals surface area (Å²) in [6, 6.07) is 18.9. The molecule has 0 aliphatic carbocycles. The minimum atomic E-state index is -0.443. The van der Waals surface area contributed by atoms with E-state index in [1.54, 1.807) is 23.8 Å². The molecule has 9 heteroatoms. The fraction of sp³-hybridized carbons (Fsp3) is 0.300. The van der Waals surface area contributed by atoms with Gasteiger partial charge < -0.3 is 19.5 Å². The van der Waals surface area contributed by atoms with Crippen molar-refractivity contribution in [3.63, 3.8) is 0 Å². The lowest BCUT2D eigenvalue weighted by molar-refractivity contribution is -0.120. The molecule has 4 aromatic rings. The van der Waals surface area contributed by atoms with E-state index in [0.29, 0.717) is 40.5 Å². The number of thioether (sulfide) groups is 1. The molecule has 0 aliphatic rings. The van der Waals surface area contributed by atoms with Crippen LogP contribution in [0.25, 0.3) is 10.9 Å². The molecule has 0 bridgehead atoms. The summed E-state index contributed by atoms with van der Waals surface area (Å²) in [6.45, 7) is 4.69. The third-order valence-corrected chi connectivity index (χ3v) is 7.78. The Morgan fingerprint density at radius 2 is 1.59 bits per heavy atom. The number of hydrogen-bond donors (Lipinski definition) is 1. The van der Waals surface area contributed by atoms with Crippen LogP contribution < -0.4 is 25.1 Å². The van der Waals surface area contributed by atoms with Gasteiger partial charge in [0.05, 0.1) is 44.0 Å². The molecule has 1 aromatic heterocycles. The minimum Gasteiger partial charge on any atom is -0.497 e. The first-order valence-electron chi connectivity index (χ1n) is 12.7. The van der Waals surface area contributed by atoms with E-state index in [4.69, 9.17) is 19.2 Å². The van der Waals surface area contributed by atoms with Gasteiger partial charge in [-0.05, 0) is 42.7 Å². The Balaban J connectivity index is 1.70. The third kappa shape index (κ3) is 6.54. The van der Waals surface area contributed by atoms with Gasteiger partial charge in [-0.15, -0.1) is 0 Å². The molecule has 3 aromatic carbocycles. The van der Waals surface area contributed by atoms with E-state index in [9.17, 15) is 9.59 Å². The van der Waals surface area contributed by atoms with Crippen LogP contribution in [0.4, 0.5) is 0 Å². The normalized spacial score (nSPS) is 11.7. The largest absolute Gasteiger partial charge is 0.497 e. The van der Waals surface area contributed by atoms with Crippen molar-refractivity contribution in [1.82, 2.24) is 14.9 Å². The molecule has 0 radical (unpaired) electrons. The molecule has 1 N–H and O–H groups in total. The summed E-state index contributed by atoms with van der Waals surface area (Å²) in [4.78, 5) is 31.8. The summed E-state index contributed by atoms with van der Waals surface area (Å²) in [7, 11) is 4.67. The molecule has 0 spiro atoms. The molecular weight excluding hydrogens is 514 g/mol. The Morgan fingerprint density at radius 3 is 2.21 bits per heavy atom. The van der Waals surface area contributed by atoms with Gasteiger partial charge in [0.25, 0.3) is 5.56 Å². The second kappa shape index (κ2) is 12.7. The number of fused-ring (bicyclic) bond motifs is 1. The molecular formula is C30H33N3O5S. The maximum atomic E-state index is 13.8. The second-order valence-electron chi connectivity index (χ2n) is 9.08. The van der Waals surface area contributed by atoms with Crippen LogP contribution in [0.2, 0.25) is 0 Å². The lowest BCUT2D eigenvalue weighted by Crippen LogP contribution is -2.33. The summed E-state index contributed by atoms with van der Waals surface area (Å²) in [5.41, 5.74) is 3.34. The highest BCUT2D eigenvalue weighted by atomic mass is 32.2. The number of amides is 1. The van der Waals surface area contributed by atoms with Crippen molar-refractivity contribution in [2.75, 3.05) is 21.3 Å². The predicted molar refractivity (Wildman–Crippen MR) is 154 cm³/mol. The van der Waals surface area contributed by atoms with Crippen molar-refractivity contribution in [3.8, 4) is 17.2 Å². The van der Waals surface area contributed by atoms with Crippen LogP contribution in [0, 0.1) is 6.92 Å². The van der Waals surface area contributed by atoms with E-state index < -0.39 is 5.25 Å². The molecule has 0 saturated heterocycles. The summed E-state index contributed by atoms with van der Waals surface area (Å²) >= 11 is 1.28. The zero-order valence-electron chi connectivity index (χ0n) is 22.8. The van der Waals surface area contributed by atoms with Gasteiger partial charge in [-0.1, -0.05) is 60.6 Å². The SMILES string of the molecule is CCC(Sc1nc2cc(OC)c(OC)cc2c(=O)n1Cc1ccc(OC)cc1)C(=O)NCc1ccc(C)cc1. The van der Waals surface area contributed by atoms with Gasteiger partial charge in [0.15, 0.2) is 16.7 Å². The number of hydrogen-bond acceptors (Lipinski definition) is 7. The van der Waals surface area contributed by atoms with Crippen LogP contribution in [0.1, 0.15) is 30.0 Å². The first-order valence-corrected chi connectivity index (χ1v) is 13.5. The van der Waals surface area contributed by atoms with Gasteiger partial charge in [-0.3, -0.25) is 14.2 Å². The molecule has 1 unspecified atom stereocenters. The van der Waals surface area contributed by atoms with Crippen LogP contribution in [0.5, 0.6) is 17.2 Å². The molecule has 1 atom stereocenters. The average molecular weight is 548 g/mol. The standard InChI is InChI=1S/C30H33N3O5S/c1-6-27(28(34)31-17-20-9-7-19(2)8-10-20)39-30-32-24-16-26(38-5)25(37-4)15-23(24)29(35)33(30)18-21-11-13-22(36-3)14-12-21/h7-16,27H,6,17-18H2,1-5H3,(H,31,34). The Kier molecular flexibility index (Phi) is 9.14. The molecule has 0 saturated carbocycles. The zero-order chi connectivity index (χ0) is 27.9. The van der Waals surface area contributed by atoms with Crippen molar-refractivity contribution in [1.29, 1.82) is 0 Å². The van der Waals surface area contributed by atoms with Crippen molar-refractivity contribution in [2.24, 2.45) is 0 Å². The van der Waals surface area contributed by atoms with E-state index in [-0.39, 0.29) is 18.0 Å². The number of aromatic nitrogens is 2. The summed E-state index contributed by atoms with van der Waals surface area (Å²) in [6.07, 6.45) is 0.562. The molecule has 39 heavy (non-hydrogen) atoms. The quantitative estimate of drug-likeness (QED) is 0.209. The highest BCUT2D eigenvalue weighted by Crippen LogP contribution is 2.32. The Labute approximate surface area is 232 Å². The Morgan fingerprint density at radius 1 is 0.949 bits per heavy atom. The summed E-state index contributed by atoms with van der Waals surface area (Å²) < 4.78 is 17.7. The second-order valence-corrected chi connectivity index (χ2v) is 10.2. The molecule has 0 aliphatic heterocycles. The van der Waals surface area contributed by atoms with Gasteiger partial charge >= 0.3 is 0 Å². The number of ether oxygens (including phenoxy) is 3. The lowest BCUT2D eigenvalue weighted by Gasteiger charge is -2.19. The monoisotopic (exact) mass is 547 g/mol. The number of carbonyl (C=O) groups is 1. The summed E-state index contributed by atoms with van der Waals surface area (Å²) in [5, 5.41) is 3.45. The number of aryl methyl sites for hydroxylation is 1. The van der Waals surface area contributed by atoms with E-state index in [0.717, 1.165) is 16.9 Å². The van der Waals surface area contributed by atoms with Gasteiger partial charge in [0.2, 0.25) is 5.91 Å². The molecule has 0 fully saturated rings. The van der Waals surface area contributed by atoms with Gasteiger partial charge in [0, 0.05) is 12.6 Å². The smallest absolute Gasteiger partial charge is 0.262 e. The first kappa shape index (κ1) is 28.0. The number of benzene rings is 3. The minimum absolute atomic E-state index is 0.110. The number of carbonyl (C=O) groups excluding carboxylic acids is 1. The molecule has 1 amide bonds. The molecule has 1 heterocycles. The lowest BCUT2D eigenvalue weighted by atomic mass is 10.1. The van der Waals surface area contributed by atoms with Crippen molar-refractivity contribution in [3.05, 3.63) is 87.7 Å². The molecule has 204 valence electrons. The topological polar surface area (TPSA) is 91.7 Å². The van der Waals surface area contributed by atoms with Crippen LogP contribution in [0.15, 0.2) is 70.6 Å². The van der Waals surface area contributed by atoms with Crippen molar-refractivity contribution < 1.29 is 19.0 Å². The average Bonchev–Trinajstić information content (AvgIpc) is 2.96. The zero-order valence-corrected chi connectivity index (χ0v) is 23.6.